The predicted molar refractivity (Wildman–Crippen MR) is 89.8 cm³/mol. The van der Waals surface area contributed by atoms with Crippen molar-refractivity contribution in [1.29, 1.82) is 0 Å². The first kappa shape index (κ1) is 17.5. The molecule has 2 aromatic rings. The molecule has 1 aromatic carbocycles. The number of nitrogens with zero attached hydrogens (tertiary/aromatic N) is 2. The number of fused-ring (bicyclic) bond motifs is 1. The van der Waals surface area contributed by atoms with Gasteiger partial charge in [0.1, 0.15) is 16.8 Å². The lowest BCUT2D eigenvalue weighted by Crippen LogP contribution is -2.24. The van der Waals surface area contributed by atoms with Crippen LogP contribution in [0.3, 0.4) is 0 Å². The molecule has 0 fully saturated rings. The molecule has 0 radical (unpaired) electrons. The molecule has 0 spiro atoms. The van der Waals surface area contributed by atoms with Gasteiger partial charge >= 0.3 is 11.9 Å². The second-order valence-corrected chi connectivity index (χ2v) is 5.16. The number of hydrogen-bond acceptors (Lipinski definition) is 6. The monoisotopic (exact) mass is 332 g/mol. The van der Waals surface area contributed by atoms with Crippen LogP contribution in [-0.2, 0) is 9.53 Å². The summed E-state index contributed by atoms with van der Waals surface area (Å²) in [5, 5.41) is 9.62. The van der Waals surface area contributed by atoms with Gasteiger partial charge in [-0.25, -0.2) is 4.79 Å². The Morgan fingerprint density at radius 2 is 2.08 bits per heavy atom. The molecule has 128 valence electrons. The molecule has 24 heavy (non-hydrogen) atoms. The summed E-state index contributed by atoms with van der Waals surface area (Å²) < 4.78 is 10.4. The first-order chi connectivity index (χ1) is 11.5. The Morgan fingerprint density at radius 1 is 1.33 bits per heavy atom. The first-order valence-electron chi connectivity index (χ1n) is 7.55. The van der Waals surface area contributed by atoms with E-state index in [2.05, 4.69) is 4.98 Å². The van der Waals surface area contributed by atoms with Crippen LogP contribution in [0, 0.1) is 0 Å². The topological polar surface area (TPSA) is 89.0 Å². The Balaban J connectivity index is 2.61. The summed E-state index contributed by atoms with van der Waals surface area (Å²) in [4.78, 5) is 29.2. The maximum Gasteiger partial charge on any atom is 0.341 e. The van der Waals surface area contributed by atoms with E-state index in [1.807, 2.05) is 6.07 Å². The minimum Gasteiger partial charge on any atom is -0.494 e. The Kier molecular flexibility index (Phi) is 5.57. The third-order valence-electron chi connectivity index (χ3n) is 3.59. The van der Waals surface area contributed by atoms with Crippen LogP contribution in [0.2, 0.25) is 0 Å². The molecule has 1 heterocycles. The van der Waals surface area contributed by atoms with E-state index in [9.17, 15) is 9.59 Å². The number of rotatable bonds is 7. The van der Waals surface area contributed by atoms with Gasteiger partial charge in [0.05, 0.1) is 25.8 Å². The van der Waals surface area contributed by atoms with E-state index in [1.54, 1.807) is 38.1 Å². The second-order valence-electron chi connectivity index (χ2n) is 5.16. The summed E-state index contributed by atoms with van der Waals surface area (Å²) in [6.07, 6.45) is 1.39. The highest BCUT2D eigenvalue weighted by atomic mass is 16.5. The highest BCUT2D eigenvalue weighted by Crippen LogP contribution is 2.34. The summed E-state index contributed by atoms with van der Waals surface area (Å²) in [7, 11) is 3.28. The number of methoxy groups -OCH3 is 1. The molecule has 0 saturated heterocycles. The average molecular weight is 332 g/mol. The van der Waals surface area contributed by atoms with Crippen molar-refractivity contribution < 1.29 is 24.2 Å². The van der Waals surface area contributed by atoms with Gasteiger partial charge in [-0.05, 0) is 13.0 Å². The summed E-state index contributed by atoms with van der Waals surface area (Å²) in [5.41, 5.74) is 1.48. The van der Waals surface area contributed by atoms with Crippen LogP contribution in [0.15, 0.2) is 24.4 Å². The molecule has 0 atom stereocenters. The van der Waals surface area contributed by atoms with Gasteiger partial charge in [0.25, 0.3) is 0 Å². The number of hydrogen-bond donors (Lipinski definition) is 1. The summed E-state index contributed by atoms with van der Waals surface area (Å²) in [6.45, 7) is 2.22. The van der Waals surface area contributed by atoms with Gasteiger partial charge in [-0.2, -0.15) is 0 Å². The molecule has 0 unspecified atom stereocenters. The maximum absolute atomic E-state index is 12.3. The van der Waals surface area contributed by atoms with Crippen molar-refractivity contribution in [2.45, 2.75) is 13.3 Å². The number of carboxylic acids is 1. The van der Waals surface area contributed by atoms with Gasteiger partial charge in [-0.15, -0.1) is 0 Å². The summed E-state index contributed by atoms with van der Waals surface area (Å²) >= 11 is 0. The standard InChI is InChI=1S/C17H20N2O5/c1-4-24-17(22)12-10-18-15-11(6-5-7-13(15)23-3)16(12)19(2)9-8-14(20)21/h5-7,10H,4,8-9H2,1-3H3,(H,20,21). The fraction of sp³-hybridized carbons (Fsp3) is 0.353. The van der Waals surface area contributed by atoms with E-state index < -0.39 is 11.9 Å². The van der Waals surface area contributed by atoms with E-state index in [4.69, 9.17) is 14.6 Å². The predicted octanol–water partition coefficient (Wildman–Crippen LogP) is 2.33. The summed E-state index contributed by atoms with van der Waals surface area (Å²) in [6, 6.07) is 5.40. The number of ether oxygens (including phenoxy) is 2. The average Bonchev–Trinajstić information content (AvgIpc) is 2.58. The van der Waals surface area contributed by atoms with Crippen molar-refractivity contribution in [2.24, 2.45) is 0 Å². The number of carboxylic acid groups (broad SMARTS) is 1. The van der Waals surface area contributed by atoms with Crippen LogP contribution in [0.25, 0.3) is 10.9 Å². The lowest BCUT2D eigenvalue weighted by Gasteiger charge is -2.23. The number of esters is 1. The zero-order chi connectivity index (χ0) is 17.7. The van der Waals surface area contributed by atoms with Crippen LogP contribution in [0.5, 0.6) is 5.75 Å². The first-order valence-corrected chi connectivity index (χ1v) is 7.55. The third kappa shape index (κ3) is 3.56. The lowest BCUT2D eigenvalue weighted by atomic mass is 10.1. The highest BCUT2D eigenvalue weighted by molar-refractivity contribution is 6.06. The molecule has 0 aliphatic rings. The van der Waals surface area contributed by atoms with Gasteiger partial charge in [0, 0.05) is 25.2 Å². The van der Waals surface area contributed by atoms with Crippen LogP contribution >= 0.6 is 0 Å². The summed E-state index contributed by atoms with van der Waals surface area (Å²) in [5.74, 6) is -0.821. The highest BCUT2D eigenvalue weighted by Gasteiger charge is 2.21. The zero-order valence-electron chi connectivity index (χ0n) is 13.9. The Bertz CT molecular complexity index is 760. The molecule has 1 N–H and O–H groups in total. The smallest absolute Gasteiger partial charge is 0.341 e. The molecule has 0 bridgehead atoms. The molecular weight excluding hydrogens is 312 g/mol. The number of aromatic nitrogens is 1. The molecule has 7 nitrogen and oxygen atoms in total. The maximum atomic E-state index is 12.3. The molecule has 2 rings (SSSR count). The minimum atomic E-state index is -0.907. The van der Waals surface area contributed by atoms with Crippen molar-refractivity contribution >= 4 is 28.5 Å². The quantitative estimate of drug-likeness (QED) is 0.778. The van der Waals surface area contributed by atoms with Gasteiger partial charge in [-0.3, -0.25) is 9.78 Å². The molecule has 7 heteroatoms. The van der Waals surface area contributed by atoms with Crippen LogP contribution in [-0.4, -0.2) is 49.3 Å². The van der Waals surface area contributed by atoms with Gasteiger partial charge in [0.15, 0.2) is 0 Å². The minimum absolute atomic E-state index is 0.0491. The van der Waals surface area contributed by atoms with Crippen molar-refractivity contribution in [1.82, 2.24) is 4.98 Å². The van der Waals surface area contributed by atoms with E-state index in [0.29, 0.717) is 27.9 Å². The fourth-order valence-corrected chi connectivity index (χ4v) is 2.49. The molecule has 0 aliphatic heterocycles. The van der Waals surface area contributed by atoms with Crippen LogP contribution < -0.4 is 9.64 Å². The number of para-hydroxylation sites is 1. The number of carbonyl (C=O) groups is 2. The largest absolute Gasteiger partial charge is 0.494 e. The zero-order valence-corrected chi connectivity index (χ0v) is 13.9. The number of aliphatic carboxylic acids is 1. The molecule has 0 aliphatic carbocycles. The van der Waals surface area contributed by atoms with Gasteiger partial charge < -0.3 is 19.5 Å². The van der Waals surface area contributed by atoms with Crippen molar-refractivity contribution in [2.75, 3.05) is 32.2 Å². The molecule has 1 aromatic heterocycles. The van der Waals surface area contributed by atoms with E-state index >= 15 is 0 Å². The lowest BCUT2D eigenvalue weighted by molar-refractivity contribution is -0.136. The van der Waals surface area contributed by atoms with E-state index in [-0.39, 0.29) is 19.6 Å². The molecule has 0 amide bonds. The number of pyridine rings is 1. The number of benzene rings is 1. The van der Waals surface area contributed by atoms with Gasteiger partial charge in [-0.1, -0.05) is 12.1 Å². The number of carbonyl (C=O) groups excluding carboxylic acids is 1. The van der Waals surface area contributed by atoms with Crippen LogP contribution in [0.1, 0.15) is 23.7 Å². The van der Waals surface area contributed by atoms with E-state index in [1.165, 1.54) is 6.20 Å². The van der Waals surface area contributed by atoms with Crippen molar-refractivity contribution in [3.8, 4) is 5.75 Å². The SMILES string of the molecule is CCOC(=O)c1cnc2c(OC)cccc2c1N(C)CCC(=O)O. The van der Waals surface area contributed by atoms with Crippen LogP contribution in [0.4, 0.5) is 5.69 Å². The Morgan fingerprint density at radius 3 is 2.71 bits per heavy atom. The second kappa shape index (κ2) is 7.63. The van der Waals surface area contributed by atoms with E-state index in [0.717, 1.165) is 0 Å². The fourth-order valence-electron chi connectivity index (χ4n) is 2.49. The van der Waals surface area contributed by atoms with Crippen molar-refractivity contribution in [3.05, 3.63) is 30.0 Å². The molecular formula is C17H20N2O5. The number of anilines is 1. The third-order valence-corrected chi connectivity index (χ3v) is 3.59. The van der Waals surface area contributed by atoms with Gasteiger partial charge in [0.2, 0.25) is 0 Å². The Hall–Kier alpha value is -2.83. The Labute approximate surface area is 139 Å². The molecule has 0 saturated carbocycles. The van der Waals surface area contributed by atoms with Crippen molar-refractivity contribution in [3.63, 3.8) is 0 Å². The normalized spacial score (nSPS) is 10.5.